The Labute approximate surface area is 102 Å². The second-order valence-corrected chi connectivity index (χ2v) is 6.44. The molecule has 2 aromatic heterocycles. The average Bonchev–Trinajstić information content (AvgIpc) is 2.55. The summed E-state index contributed by atoms with van der Waals surface area (Å²) < 4.78 is 1.99. The minimum atomic E-state index is -0.0733. The molecule has 0 fully saturated rings. The molecule has 0 radical (unpaired) electrons. The first-order valence-corrected chi connectivity index (χ1v) is 5.91. The maximum atomic E-state index is 4.75. The van der Waals surface area contributed by atoms with E-state index in [2.05, 4.69) is 51.5 Å². The van der Waals surface area contributed by atoms with Gasteiger partial charge in [0.1, 0.15) is 6.33 Å². The van der Waals surface area contributed by atoms with Crippen LogP contribution in [0.1, 0.15) is 47.2 Å². The van der Waals surface area contributed by atoms with Crippen molar-refractivity contribution in [1.82, 2.24) is 19.7 Å². The molecule has 2 aromatic rings. The lowest BCUT2D eigenvalue weighted by atomic mass is 9.91. The zero-order valence-corrected chi connectivity index (χ0v) is 11.4. The Bertz CT molecular complexity index is 493. The molecule has 4 nitrogen and oxygen atoms in total. The third-order valence-corrected chi connectivity index (χ3v) is 2.69. The van der Waals surface area contributed by atoms with Crippen LogP contribution in [-0.2, 0) is 11.0 Å². The van der Waals surface area contributed by atoms with Crippen molar-refractivity contribution in [3.63, 3.8) is 0 Å². The maximum Gasteiger partial charge on any atom is 0.161 e. The molecule has 0 saturated heterocycles. The molecule has 92 valence electrons. The summed E-state index contributed by atoms with van der Waals surface area (Å²) in [5, 5.41) is 5.80. The summed E-state index contributed by atoms with van der Waals surface area (Å²) >= 11 is 0. The van der Waals surface area contributed by atoms with Gasteiger partial charge in [0.15, 0.2) is 5.65 Å². The van der Waals surface area contributed by atoms with Crippen molar-refractivity contribution >= 4 is 11.0 Å². The van der Waals surface area contributed by atoms with Crippen LogP contribution >= 0.6 is 0 Å². The van der Waals surface area contributed by atoms with E-state index < -0.39 is 0 Å². The summed E-state index contributed by atoms with van der Waals surface area (Å²) in [5.74, 6) is 0. The number of hydrogen-bond donors (Lipinski definition) is 0. The molecule has 0 N–H and O–H groups in total. The predicted molar refractivity (Wildman–Crippen MR) is 69.0 cm³/mol. The lowest BCUT2D eigenvalue weighted by Crippen LogP contribution is -2.24. The molecular weight excluding hydrogens is 212 g/mol. The van der Waals surface area contributed by atoms with Crippen LogP contribution in [0.4, 0.5) is 0 Å². The van der Waals surface area contributed by atoms with E-state index in [0.717, 1.165) is 16.7 Å². The van der Waals surface area contributed by atoms with E-state index in [0.29, 0.717) is 0 Å². The fourth-order valence-corrected chi connectivity index (χ4v) is 1.88. The van der Waals surface area contributed by atoms with Gasteiger partial charge in [0.25, 0.3) is 0 Å². The van der Waals surface area contributed by atoms with Gasteiger partial charge in [0.05, 0.1) is 16.6 Å². The van der Waals surface area contributed by atoms with Crippen LogP contribution in [0.3, 0.4) is 0 Å². The van der Waals surface area contributed by atoms with Gasteiger partial charge in [-0.3, -0.25) is 0 Å². The van der Waals surface area contributed by atoms with Crippen LogP contribution in [0.15, 0.2) is 12.5 Å². The standard InChI is InChI=1S/C13H20N4/c1-12(2,3)10-9-7-14-8-15-11(9)17(16-10)13(4,5)6/h7-8H,1-6H3. The highest BCUT2D eigenvalue weighted by Crippen LogP contribution is 2.30. The summed E-state index contributed by atoms with van der Waals surface area (Å²) in [4.78, 5) is 8.49. The summed E-state index contributed by atoms with van der Waals surface area (Å²) in [6, 6.07) is 0. The van der Waals surface area contributed by atoms with Crippen LogP contribution in [0.2, 0.25) is 0 Å². The number of aromatic nitrogens is 4. The monoisotopic (exact) mass is 232 g/mol. The minimum absolute atomic E-state index is 0.000532. The van der Waals surface area contributed by atoms with Crippen LogP contribution < -0.4 is 0 Å². The second-order valence-electron chi connectivity index (χ2n) is 6.44. The quantitative estimate of drug-likeness (QED) is 0.701. The molecule has 0 amide bonds. The molecule has 0 bridgehead atoms. The SMILES string of the molecule is CC(C)(C)c1nn(C(C)(C)C)c2ncncc12. The van der Waals surface area contributed by atoms with Gasteiger partial charge in [-0.15, -0.1) is 0 Å². The van der Waals surface area contributed by atoms with Crippen molar-refractivity contribution in [2.75, 3.05) is 0 Å². The summed E-state index contributed by atoms with van der Waals surface area (Å²) in [6.45, 7) is 12.9. The van der Waals surface area contributed by atoms with Gasteiger partial charge in [0.2, 0.25) is 0 Å². The van der Waals surface area contributed by atoms with Gasteiger partial charge in [-0.2, -0.15) is 5.10 Å². The van der Waals surface area contributed by atoms with Crippen molar-refractivity contribution in [3.8, 4) is 0 Å². The van der Waals surface area contributed by atoms with Gasteiger partial charge in [-0.25, -0.2) is 14.6 Å². The summed E-state index contributed by atoms with van der Waals surface area (Å²) in [5.41, 5.74) is 1.90. The van der Waals surface area contributed by atoms with Crippen molar-refractivity contribution in [2.45, 2.75) is 52.5 Å². The lowest BCUT2D eigenvalue weighted by molar-refractivity contribution is 0.357. The lowest BCUT2D eigenvalue weighted by Gasteiger charge is -2.20. The largest absolute Gasteiger partial charge is 0.244 e. The Balaban J connectivity index is 2.81. The van der Waals surface area contributed by atoms with Crippen LogP contribution in [0.5, 0.6) is 0 Å². The first-order valence-electron chi connectivity index (χ1n) is 5.91. The first-order chi connectivity index (χ1) is 7.71. The molecule has 0 aliphatic rings. The Morgan fingerprint density at radius 2 is 1.71 bits per heavy atom. The fraction of sp³-hybridized carbons (Fsp3) is 0.615. The molecule has 0 aliphatic heterocycles. The number of hydrogen-bond acceptors (Lipinski definition) is 3. The molecule has 2 rings (SSSR count). The van der Waals surface area contributed by atoms with Gasteiger partial charge in [0, 0.05) is 11.6 Å². The third kappa shape index (κ3) is 2.04. The normalized spacial score (nSPS) is 13.3. The molecule has 0 aliphatic carbocycles. The van der Waals surface area contributed by atoms with E-state index in [1.807, 2.05) is 10.9 Å². The Kier molecular flexibility index (Phi) is 2.49. The zero-order chi connectivity index (χ0) is 12.8. The molecule has 17 heavy (non-hydrogen) atoms. The molecule has 2 heterocycles. The molecule has 0 atom stereocenters. The Morgan fingerprint density at radius 1 is 1.06 bits per heavy atom. The maximum absolute atomic E-state index is 4.75. The van der Waals surface area contributed by atoms with Crippen molar-refractivity contribution in [1.29, 1.82) is 0 Å². The third-order valence-electron chi connectivity index (χ3n) is 2.69. The highest BCUT2D eigenvalue weighted by Gasteiger charge is 2.26. The molecular formula is C13H20N4. The number of rotatable bonds is 0. The molecule has 0 saturated carbocycles. The van der Waals surface area contributed by atoms with Gasteiger partial charge < -0.3 is 0 Å². The van der Waals surface area contributed by atoms with Gasteiger partial charge >= 0.3 is 0 Å². The van der Waals surface area contributed by atoms with Crippen LogP contribution in [0.25, 0.3) is 11.0 Å². The number of fused-ring (bicyclic) bond motifs is 1. The zero-order valence-electron chi connectivity index (χ0n) is 11.4. The van der Waals surface area contributed by atoms with E-state index in [9.17, 15) is 0 Å². The predicted octanol–water partition coefficient (Wildman–Crippen LogP) is 2.88. The Hall–Kier alpha value is -1.45. The summed E-state index contributed by atoms with van der Waals surface area (Å²) in [6.07, 6.45) is 3.44. The average molecular weight is 232 g/mol. The molecule has 0 aromatic carbocycles. The smallest absolute Gasteiger partial charge is 0.161 e. The van der Waals surface area contributed by atoms with Crippen molar-refractivity contribution in [3.05, 3.63) is 18.2 Å². The summed E-state index contributed by atoms with van der Waals surface area (Å²) in [7, 11) is 0. The van der Waals surface area contributed by atoms with Crippen LogP contribution in [-0.4, -0.2) is 19.7 Å². The first kappa shape index (κ1) is 12.0. The van der Waals surface area contributed by atoms with E-state index in [4.69, 9.17) is 5.10 Å². The van der Waals surface area contributed by atoms with Crippen LogP contribution in [0, 0.1) is 0 Å². The topological polar surface area (TPSA) is 43.6 Å². The Morgan fingerprint density at radius 3 is 2.24 bits per heavy atom. The molecule has 0 spiro atoms. The number of nitrogens with zero attached hydrogens (tertiary/aromatic N) is 4. The highest BCUT2D eigenvalue weighted by molar-refractivity contribution is 5.78. The fourth-order valence-electron chi connectivity index (χ4n) is 1.88. The van der Waals surface area contributed by atoms with E-state index in [1.165, 1.54) is 0 Å². The van der Waals surface area contributed by atoms with Gasteiger partial charge in [-0.05, 0) is 20.8 Å². The van der Waals surface area contributed by atoms with E-state index in [1.54, 1.807) is 6.33 Å². The second kappa shape index (κ2) is 3.52. The van der Waals surface area contributed by atoms with Crippen molar-refractivity contribution < 1.29 is 0 Å². The van der Waals surface area contributed by atoms with Gasteiger partial charge in [-0.1, -0.05) is 20.8 Å². The highest BCUT2D eigenvalue weighted by atomic mass is 15.3. The van der Waals surface area contributed by atoms with E-state index >= 15 is 0 Å². The molecule has 4 heteroatoms. The van der Waals surface area contributed by atoms with E-state index in [-0.39, 0.29) is 11.0 Å². The van der Waals surface area contributed by atoms with Crippen molar-refractivity contribution in [2.24, 2.45) is 0 Å². The molecule has 0 unspecified atom stereocenters. The minimum Gasteiger partial charge on any atom is -0.244 e.